The van der Waals surface area contributed by atoms with Gasteiger partial charge in [0.05, 0.1) is 11.6 Å². The standard InChI is InChI=1S/C20H16Cl2F3N3O/c21-17-8-7-14(10-16(17)20(23,24)25)28-19(29)27-11-12-3-5-13(6-4-12)15-2-1-9-26-18(15)22/h1-9,14H,10-11H2,(H2,27,28,29). The van der Waals surface area contributed by atoms with Gasteiger partial charge in [-0.3, -0.25) is 0 Å². The molecule has 4 nitrogen and oxygen atoms in total. The van der Waals surface area contributed by atoms with Gasteiger partial charge in [-0.05, 0) is 29.3 Å². The van der Waals surface area contributed by atoms with Gasteiger partial charge >= 0.3 is 12.2 Å². The second kappa shape index (κ2) is 8.88. The fourth-order valence-corrected chi connectivity index (χ4v) is 3.33. The van der Waals surface area contributed by atoms with Gasteiger partial charge in [-0.25, -0.2) is 9.78 Å². The summed E-state index contributed by atoms with van der Waals surface area (Å²) in [5.74, 6) is 0. The highest BCUT2D eigenvalue weighted by Gasteiger charge is 2.38. The first-order valence-corrected chi connectivity index (χ1v) is 9.38. The second-order valence-electron chi connectivity index (χ2n) is 6.36. The first kappa shape index (κ1) is 21.2. The Morgan fingerprint density at radius 2 is 1.90 bits per heavy atom. The smallest absolute Gasteiger partial charge is 0.334 e. The number of carbonyl (C=O) groups excluding carboxylic acids is 1. The summed E-state index contributed by atoms with van der Waals surface area (Å²) in [6.45, 7) is 0.214. The number of halogens is 5. The molecule has 0 saturated carbocycles. The first-order valence-electron chi connectivity index (χ1n) is 8.62. The molecule has 0 spiro atoms. The predicted molar refractivity (Wildman–Crippen MR) is 107 cm³/mol. The van der Waals surface area contributed by atoms with Crippen LogP contribution in [0.5, 0.6) is 0 Å². The van der Waals surface area contributed by atoms with Crippen LogP contribution in [0.4, 0.5) is 18.0 Å². The van der Waals surface area contributed by atoms with Crippen molar-refractivity contribution in [3.05, 3.63) is 76.1 Å². The molecule has 2 N–H and O–H groups in total. The van der Waals surface area contributed by atoms with E-state index in [1.54, 1.807) is 12.3 Å². The van der Waals surface area contributed by atoms with Crippen molar-refractivity contribution in [2.24, 2.45) is 0 Å². The van der Waals surface area contributed by atoms with E-state index < -0.39 is 30.2 Å². The number of nitrogens with zero attached hydrogens (tertiary/aromatic N) is 1. The van der Waals surface area contributed by atoms with Crippen LogP contribution >= 0.6 is 23.2 Å². The van der Waals surface area contributed by atoms with Crippen LogP contribution in [0.25, 0.3) is 11.1 Å². The Bertz CT molecular complexity index is 956. The number of allylic oxidation sites excluding steroid dienone is 2. The van der Waals surface area contributed by atoms with Gasteiger partial charge in [0.15, 0.2) is 0 Å². The van der Waals surface area contributed by atoms with Crippen LogP contribution in [-0.2, 0) is 6.54 Å². The molecule has 152 valence electrons. The number of nitrogens with one attached hydrogen (secondary N) is 2. The predicted octanol–water partition coefficient (Wildman–Crippen LogP) is 5.58. The number of amides is 2. The van der Waals surface area contributed by atoms with Crippen LogP contribution in [0.2, 0.25) is 5.15 Å². The molecule has 29 heavy (non-hydrogen) atoms. The molecule has 2 amide bonds. The van der Waals surface area contributed by atoms with Crippen molar-refractivity contribution in [2.75, 3.05) is 0 Å². The zero-order valence-electron chi connectivity index (χ0n) is 14.9. The summed E-state index contributed by atoms with van der Waals surface area (Å²) in [7, 11) is 0. The van der Waals surface area contributed by atoms with E-state index in [4.69, 9.17) is 23.2 Å². The summed E-state index contributed by atoms with van der Waals surface area (Å²) in [4.78, 5) is 16.1. The largest absolute Gasteiger partial charge is 0.414 e. The van der Waals surface area contributed by atoms with E-state index in [9.17, 15) is 18.0 Å². The highest BCUT2D eigenvalue weighted by Crippen LogP contribution is 2.36. The molecular formula is C20H16Cl2F3N3O. The Kier molecular flexibility index (Phi) is 6.49. The van der Waals surface area contributed by atoms with Crippen LogP contribution in [-0.4, -0.2) is 23.2 Å². The molecule has 0 saturated heterocycles. The van der Waals surface area contributed by atoms with Crippen molar-refractivity contribution < 1.29 is 18.0 Å². The number of hydrogen-bond donors (Lipinski definition) is 2. The van der Waals surface area contributed by atoms with Gasteiger partial charge in [0, 0.05) is 29.8 Å². The molecule has 0 radical (unpaired) electrons. The van der Waals surface area contributed by atoms with Crippen molar-refractivity contribution in [3.8, 4) is 11.1 Å². The molecule has 0 bridgehead atoms. The molecule has 1 heterocycles. The zero-order chi connectivity index (χ0) is 21.0. The molecule has 1 atom stereocenters. The number of hydrogen-bond acceptors (Lipinski definition) is 2. The Balaban J connectivity index is 1.54. The lowest BCUT2D eigenvalue weighted by atomic mass is 10.00. The Hall–Kier alpha value is -2.51. The minimum Gasteiger partial charge on any atom is -0.334 e. The minimum atomic E-state index is -4.53. The molecule has 0 aliphatic heterocycles. The van der Waals surface area contributed by atoms with Crippen molar-refractivity contribution in [1.82, 2.24) is 15.6 Å². The third-order valence-corrected chi connectivity index (χ3v) is 4.98. The normalized spacial score (nSPS) is 16.7. The van der Waals surface area contributed by atoms with Crippen LogP contribution in [0.1, 0.15) is 12.0 Å². The lowest BCUT2D eigenvalue weighted by molar-refractivity contribution is -0.0948. The van der Waals surface area contributed by atoms with E-state index in [2.05, 4.69) is 15.6 Å². The first-order chi connectivity index (χ1) is 13.7. The molecule has 1 aromatic carbocycles. The van der Waals surface area contributed by atoms with E-state index in [1.807, 2.05) is 30.3 Å². The Morgan fingerprint density at radius 3 is 2.55 bits per heavy atom. The van der Waals surface area contributed by atoms with Crippen LogP contribution in [0, 0.1) is 0 Å². The summed E-state index contributed by atoms with van der Waals surface area (Å²) in [6, 6.07) is 9.63. The Morgan fingerprint density at radius 1 is 1.17 bits per heavy atom. The fourth-order valence-electron chi connectivity index (χ4n) is 2.84. The number of alkyl halides is 3. The van der Waals surface area contributed by atoms with Gasteiger partial charge in [-0.2, -0.15) is 13.2 Å². The summed E-state index contributed by atoms with van der Waals surface area (Å²) in [5, 5.41) is 5.17. The maximum Gasteiger partial charge on any atom is 0.414 e. The third kappa shape index (κ3) is 5.52. The molecule has 9 heteroatoms. The Labute approximate surface area is 175 Å². The van der Waals surface area contributed by atoms with Gasteiger partial charge in [0.1, 0.15) is 5.15 Å². The quantitative estimate of drug-likeness (QED) is 0.607. The molecule has 1 aliphatic carbocycles. The summed E-state index contributed by atoms with van der Waals surface area (Å²) in [6.07, 6.45) is -0.750. The van der Waals surface area contributed by atoms with E-state index in [0.717, 1.165) is 22.8 Å². The lowest BCUT2D eigenvalue weighted by Crippen LogP contribution is -2.42. The average Bonchev–Trinajstić information content (AvgIpc) is 2.68. The van der Waals surface area contributed by atoms with Crippen LogP contribution in [0.3, 0.4) is 0 Å². The van der Waals surface area contributed by atoms with E-state index in [1.165, 1.54) is 6.08 Å². The van der Waals surface area contributed by atoms with Crippen LogP contribution < -0.4 is 10.6 Å². The maximum atomic E-state index is 12.9. The lowest BCUT2D eigenvalue weighted by Gasteiger charge is -2.23. The molecule has 1 unspecified atom stereocenters. The summed E-state index contributed by atoms with van der Waals surface area (Å²) in [5.41, 5.74) is 1.65. The second-order valence-corrected chi connectivity index (χ2v) is 7.12. The van der Waals surface area contributed by atoms with E-state index >= 15 is 0 Å². The van der Waals surface area contributed by atoms with Gasteiger partial charge < -0.3 is 10.6 Å². The van der Waals surface area contributed by atoms with E-state index in [-0.39, 0.29) is 11.6 Å². The number of urea groups is 1. The highest BCUT2D eigenvalue weighted by atomic mass is 35.5. The SMILES string of the molecule is O=C(NCc1ccc(-c2cccnc2Cl)cc1)NC1C=CC(Cl)=C(C(F)(F)F)C1. The third-order valence-electron chi connectivity index (χ3n) is 4.32. The van der Waals surface area contributed by atoms with Crippen molar-refractivity contribution in [3.63, 3.8) is 0 Å². The van der Waals surface area contributed by atoms with Crippen molar-refractivity contribution in [1.29, 1.82) is 0 Å². The maximum absolute atomic E-state index is 12.9. The van der Waals surface area contributed by atoms with Crippen LogP contribution in [0.15, 0.2) is 65.4 Å². The number of carbonyl (C=O) groups is 1. The van der Waals surface area contributed by atoms with Crippen molar-refractivity contribution >= 4 is 29.2 Å². The topological polar surface area (TPSA) is 54.0 Å². The van der Waals surface area contributed by atoms with Gasteiger partial charge in [-0.15, -0.1) is 0 Å². The molecule has 1 aromatic heterocycles. The zero-order valence-corrected chi connectivity index (χ0v) is 16.4. The summed E-state index contributed by atoms with van der Waals surface area (Å²) >= 11 is 11.7. The minimum absolute atomic E-state index is 0.214. The van der Waals surface area contributed by atoms with Gasteiger partial charge in [0.2, 0.25) is 0 Å². The fraction of sp³-hybridized carbons (Fsp3) is 0.200. The summed E-state index contributed by atoms with van der Waals surface area (Å²) < 4.78 is 38.8. The average molecular weight is 442 g/mol. The number of aromatic nitrogens is 1. The molecule has 3 rings (SSSR count). The van der Waals surface area contributed by atoms with Gasteiger partial charge in [0.25, 0.3) is 0 Å². The number of pyridine rings is 1. The molecule has 1 aliphatic rings. The highest BCUT2D eigenvalue weighted by molar-refractivity contribution is 6.32. The number of rotatable bonds is 4. The molecular weight excluding hydrogens is 426 g/mol. The van der Waals surface area contributed by atoms with E-state index in [0.29, 0.717) is 5.15 Å². The van der Waals surface area contributed by atoms with Crippen molar-refractivity contribution in [2.45, 2.75) is 25.2 Å². The molecule has 0 fully saturated rings. The van der Waals surface area contributed by atoms with Gasteiger partial charge in [-0.1, -0.05) is 53.5 Å². The number of benzene rings is 1. The molecule has 2 aromatic rings. The monoisotopic (exact) mass is 441 g/mol.